The second-order valence-corrected chi connectivity index (χ2v) is 5.74. The molecule has 0 unspecified atom stereocenters. The summed E-state index contributed by atoms with van der Waals surface area (Å²) in [5.41, 5.74) is 5.07. The van der Waals surface area contributed by atoms with Crippen LogP contribution in [0.1, 0.15) is 47.0 Å². The van der Waals surface area contributed by atoms with Gasteiger partial charge in [0.25, 0.3) is 0 Å². The fourth-order valence-corrected chi connectivity index (χ4v) is 2.96. The van der Waals surface area contributed by atoms with Crippen LogP contribution in [-0.2, 0) is 0 Å². The van der Waals surface area contributed by atoms with Crippen molar-refractivity contribution < 1.29 is 0 Å². The Morgan fingerprint density at radius 1 is 1.12 bits per heavy atom. The summed E-state index contributed by atoms with van der Waals surface area (Å²) in [5.74, 6) is 0.728. The summed E-state index contributed by atoms with van der Waals surface area (Å²) >= 11 is 0. The number of piperidine rings is 1. The van der Waals surface area contributed by atoms with E-state index in [2.05, 4.69) is 38.7 Å². The van der Waals surface area contributed by atoms with E-state index in [1.165, 1.54) is 32.4 Å². The Balaban J connectivity index is 2.25. The summed E-state index contributed by atoms with van der Waals surface area (Å²) < 4.78 is 0. The van der Waals surface area contributed by atoms with Gasteiger partial charge in [0.05, 0.1) is 0 Å². The molecule has 0 atom stereocenters. The van der Waals surface area contributed by atoms with E-state index in [0.29, 0.717) is 6.04 Å². The van der Waals surface area contributed by atoms with Crippen molar-refractivity contribution in [1.82, 2.24) is 4.90 Å². The first kappa shape index (κ1) is 11.9. The van der Waals surface area contributed by atoms with Crippen LogP contribution in [-0.4, -0.2) is 24.0 Å². The molecule has 0 radical (unpaired) electrons. The molecule has 1 aliphatic heterocycles. The Morgan fingerprint density at radius 2 is 1.88 bits per heavy atom. The van der Waals surface area contributed by atoms with E-state index in [9.17, 15) is 0 Å². The maximum Gasteiger partial charge on any atom is 0.0238 e. The number of hydrogen-bond donors (Lipinski definition) is 0. The van der Waals surface area contributed by atoms with Crippen molar-refractivity contribution in [1.29, 1.82) is 0 Å². The van der Waals surface area contributed by atoms with Gasteiger partial charge in [0.15, 0.2) is 0 Å². The first-order valence-electron chi connectivity index (χ1n) is 6.75. The summed E-state index contributed by atoms with van der Waals surface area (Å²) in [7, 11) is 0. The van der Waals surface area contributed by atoms with Gasteiger partial charge in [0.1, 0.15) is 0 Å². The van der Waals surface area contributed by atoms with Crippen LogP contribution in [0.2, 0.25) is 0 Å². The van der Waals surface area contributed by atoms with Crippen LogP contribution in [0.25, 0.3) is 0 Å². The Bertz CT molecular complexity index is 320. The van der Waals surface area contributed by atoms with Gasteiger partial charge in [-0.05, 0) is 50.2 Å². The molecule has 2 aliphatic rings. The van der Waals surface area contributed by atoms with E-state index in [1.54, 1.807) is 16.7 Å². The van der Waals surface area contributed by atoms with Crippen LogP contribution >= 0.6 is 0 Å². The molecule has 1 fully saturated rings. The minimum atomic E-state index is 0.685. The average Bonchev–Trinajstić information content (AvgIpc) is 2.27. The Kier molecular flexibility index (Phi) is 3.53. The highest BCUT2D eigenvalue weighted by atomic mass is 15.1. The van der Waals surface area contributed by atoms with Crippen molar-refractivity contribution in [2.24, 2.45) is 5.92 Å². The lowest BCUT2D eigenvalue weighted by molar-refractivity contribution is 0.229. The Hall–Kier alpha value is -0.560. The van der Waals surface area contributed by atoms with Gasteiger partial charge in [0.2, 0.25) is 0 Å². The molecule has 0 aromatic heterocycles. The molecular formula is C15H25N. The van der Waals surface area contributed by atoms with Gasteiger partial charge in [-0.3, -0.25) is 4.90 Å². The maximum absolute atomic E-state index is 2.61. The second-order valence-electron chi connectivity index (χ2n) is 5.74. The zero-order valence-corrected chi connectivity index (χ0v) is 11.2. The molecule has 0 aromatic carbocycles. The molecular weight excluding hydrogens is 194 g/mol. The first-order valence-corrected chi connectivity index (χ1v) is 6.75. The predicted octanol–water partition coefficient (Wildman–Crippen LogP) is 3.77. The molecule has 0 bridgehead atoms. The van der Waals surface area contributed by atoms with E-state index in [-0.39, 0.29) is 0 Å². The molecule has 1 nitrogen and oxygen atoms in total. The Labute approximate surface area is 100 Å². The lowest BCUT2D eigenvalue weighted by Gasteiger charge is -2.37. The van der Waals surface area contributed by atoms with Gasteiger partial charge >= 0.3 is 0 Å². The molecule has 1 aliphatic carbocycles. The summed E-state index contributed by atoms with van der Waals surface area (Å²) in [6.45, 7) is 11.8. The third-order valence-corrected chi connectivity index (χ3v) is 4.04. The van der Waals surface area contributed by atoms with Crippen molar-refractivity contribution in [2.45, 2.75) is 53.0 Å². The normalized spacial score (nSPS) is 22.8. The van der Waals surface area contributed by atoms with Gasteiger partial charge in [0, 0.05) is 19.1 Å². The van der Waals surface area contributed by atoms with E-state index < -0.39 is 0 Å². The SMILES string of the molecule is CC(C)C1=C2CN(C(C)C)CCC2=CCC1. The summed E-state index contributed by atoms with van der Waals surface area (Å²) in [5, 5.41) is 0. The second kappa shape index (κ2) is 4.75. The van der Waals surface area contributed by atoms with Crippen molar-refractivity contribution in [3.05, 3.63) is 22.8 Å². The van der Waals surface area contributed by atoms with Crippen LogP contribution in [0.15, 0.2) is 22.8 Å². The number of allylic oxidation sites excluding steroid dienone is 2. The summed E-state index contributed by atoms with van der Waals surface area (Å²) in [4.78, 5) is 2.61. The highest BCUT2D eigenvalue weighted by molar-refractivity contribution is 5.42. The molecule has 0 spiro atoms. The van der Waals surface area contributed by atoms with Gasteiger partial charge < -0.3 is 0 Å². The molecule has 1 saturated heterocycles. The molecule has 0 saturated carbocycles. The van der Waals surface area contributed by atoms with E-state index in [4.69, 9.17) is 0 Å². The smallest absolute Gasteiger partial charge is 0.0238 e. The topological polar surface area (TPSA) is 3.24 Å². The number of nitrogens with zero attached hydrogens (tertiary/aromatic N) is 1. The van der Waals surface area contributed by atoms with Crippen LogP contribution in [0, 0.1) is 5.92 Å². The summed E-state index contributed by atoms with van der Waals surface area (Å²) in [6.07, 6.45) is 6.32. The maximum atomic E-state index is 2.61. The molecule has 1 heteroatoms. The van der Waals surface area contributed by atoms with Crippen molar-refractivity contribution >= 4 is 0 Å². The predicted molar refractivity (Wildman–Crippen MR) is 70.5 cm³/mol. The summed E-state index contributed by atoms with van der Waals surface area (Å²) in [6, 6.07) is 0.685. The molecule has 0 amide bonds. The van der Waals surface area contributed by atoms with E-state index in [0.717, 1.165) is 5.92 Å². The van der Waals surface area contributed by atoms with Gasteiger partial charge in [-0.15, -0.1) is 0 Å². The molecule has 2 rings (SSSR count). The minimum absolute atomic E-state index is 0.685. The molecule has 0 aromatic rings. The fraction of sp³-hybridized carbons (Fsp3) is 0.733. The Morgan fingerprint density at radius 3 is 2.50 bits per heavy atom. The number of rotatable bonds is 2. The third kappa shape index (κ3) is 2.24. The lowest BCUT2D eigenvalue weighted by Crippen LogP contribution is -2.38. The van der Waals surface area contributed by atoms with E-state index in [1.807, 2.05) is 0 Å². The zero-order valence-electron chi connectivity index (χ0n) is 11.2. The van der Waals surface area contributed by atoms with Gasteiger partial charge in [-0.1, -0.05) is 25.5 Å². The van der Waals surface area contributed by atoms with Crippen LogP contribution in [0.3, 0.4) is 0 Å². The standard InChI is InChI=1S/C15H25N/c1-11(2)14-7-5-6-13-8-9-16(12(3)4)10-15(13)14/h6,11-12H,5,7-10H2,1-4H3. The van der Waals surface area contributed by atoms with Crippen molar-refractivity contribution in [2.75, 3.05) is 13.1 Å². The number of likely N-dealkylation sites (tertiary alicyclic amines) is 1. The lowest BCUT2D eigenvalue weighted by atomic mass is 9.81. The van der Waals surface area contributed by atoms with E-state index >= 15 is 0 Å². The van der Waals surface area contributed by atoms with Crippen molar-refractivity contribution in [3.8, 4) is 0 Å². The largest absolute Gasteiger partial charge is 0.296 e. The molecule has 90 valence electrons. The fourth-order valence-electron chi connectivity index (χ4n) is 2.96. The van der Waals surface area contributed by atoms with Gasteiger partial charge in [-0.2, -0.15) is 0 Å². The third-order valence-electron chi connectivity index (χ3n) is 4.04. The van der Waals surface area contributed by atoms with Crippen LogP contribution in [0.4, 0.5) is 0 Å². The molecule has 1 heterocycles. The minimum Gasteiger partial charge on any atom is -0.296 e. The highest BCUT2D eigenvalue weighted by Crippen LogP contribution is 2.35. The number of hydrogen-bond acceptors (Lipinski definition) is 1. The zero-order chi connectivity index (χ0) is 11.7. The van der Waals surface area contributed by atoms with Crippen LogP contribution in [0.5, 0.6) is 0 Å². The average molecular weight is 219 g/mol. The molecule has 16 heavy (non-hydrogen) atoms. The molecule has 0 N–H and O–H groups in total. The quantitative estimate of drug-likeness (QED) is 0.683. The highest BCUT2D eigenvalue weighted by Gasteiger charge is 2.25. The first-order chi connectivity index (χ1) is 7.59. The number of fused-ring (bicyclic) bond motifs is 1. The van der Waals surface area contributed by atoms with Crippen molar-refractivity contribution in [3.63, 3.8) is 0 Å². The van der Waals surface area contributed by atoms with Gasteiger partial charge in [-0.25, -0.2) is 0 Å². The van der Waals surface area contributed by atoms with Crippen LogP contribution < -0.4 is 0 Å². The monoisotopic (exact) mass is 219 g/mol.